The second-order valence-corrected chi connectivity index (χ2v) is 15.7. The molecule has 2 amide bonds. The maximum absolute atomic E-state index is 13.8. The summed E-state index contributed by atoms with van der Waals surface area (Å²) in [5.74, 6) is -0.951. The number of halogens is 2. The molecule has 2 heterocycles. The van der Waals surface area contributed by atoms with Crippen molar-refractivity contribution in [1.29, 1.82) is 10.5 Å². The molecule has 2 saturated heterocycles. The Kier molecular flexibility index (Phi) is 10.5. The Morgan fingerprint density at radius 2 is 1.12 bits per heavy atom. The number of carbonyl (C=O) groups excluding carboxylic acids is 4. The summed E-state index contributed by atoms with van der Waals surface area (Å²) in [5, 5.41) is 24.8. The number of hydrogen-bond acceptors (Lipinski definition) is 10. The van der Waals surface area contributed by atoms with E-state index in [1.54, 1.807) is 15.9 Å². The van der Waals surface area contributed by atoms with Gasteiger partial charge in [-0.2, -0.15) is 10.5 Å². The SMILES string of the molecule is N#C[C@@H]1C[C@H](F)CN1CC(=O)NC12CCC(C(=O)OC=CCCOC(=O)C34CCC(NC(=O)CN5C[C@@H](F)C[C@H]5C#N)(CC3)CC4)(CC1)CC2. The fourth-order valence-corrected chi connectivity index (χ4v) is 9.39. The largest absolute Gasteiger partial charge is 0.465 e. The van der Waals surface area contributed by atoms with E-state index >= 15 is 0 Å². The average molecular weight is 699 g/mol. The molecule has 0 unspecified atom stereocenters. The summed E-state index contributed by atoms with van der Waals surface area (Å²) in [5.41, 5.74) is -1.93. The summed E-state index contributed by atoms with van der Waals surface area (Å²) in [6, 6.07) is 2.98. The van der Waals surface area contributed by atoms with Crippen LogP contribution in [0.15, 0.2) is 12.3 Å². The van der Waals surface area contributed by atoms with E-state index in [4.69, 9.17) is 9.47 Å². The quantitative estimate of drug-likeness (QED) is 0.176. The number of nitrogens with zero attached hydrogens (tertiary/aromatic N) is 4. The minimum Gasteiger partial charge on any atom is -0.465 e. The van der Waals surface area contributed by atoms with Crippen molar-refractivity contribution in [3.63, 3.8) is 0 Å². The summed E-state index contributed by atoms with van der Waals surface area (Å²) in [6.45, 7) is 0.323. The minimum absolute atomic E-state index is 0.00662. The van der Waals surface area contributed by atoms with E-state index in [2.05, 4.69) is 22.8 Å². The molecule has 0 spiro atoms. The molecule has 12 nitrogen and oxygen atoms in total. The number of alkyl halides is 2. The van der Waals surface area contributed by atoms with Gasteiger partial charge in [0.25, 0.3) is 0 Å². The molecule has 6 saturated carbocycles. The normalized spacial score (nSPS) is 38.0. The van der Waals surface area contributed by atoms with Crippen LogP contribution in [0.4, 0.5) is 8.78 Å². The zero-order chi connectivity index (χ0) is 35.6. The van der Waals surface area contributed by atoms with Crippen LogP contribution < -0.4 is 10.6 Å². The first-order valence-electron chi connectivity index (χ1n) is 18.1. The molecule has 8 aliphatic rings. The summed E-state index contributed by atoms with van der Waals surface area (Å²) < 4.78 is 38.7. The summed E-state index contributed by atoms with van der Waals surface area (Å²) in [4.78, 5) is 55.0. The number of amides is 2. The van der Waals surface area contributed by atoms with Gasteiger partial charge >= 0.3 is 11.9 Å². The van der Waals surface area contributed by atoms with Crippen LogP contribution in [0.25, 0.3) is 0 Å². The highest BCUT2D eigenvalue weighted by Crippen LogP contribution is 2.54. The van der Waals surface area contributed by atoms with Crippen molar-refractivity contribution < 1.29 is 37.4 Å². The molecular weight excluding hydrogens is 650 g/mol. The highest BCUT2D eigenvalue weighted by atomic mass is 19.1. The molecule has 0 aromatic rings. The molecule has 0 aromatic heterocycles. The van der Waals surface area contributed by atoms with E-state index in [9.17, 15) is 38.5 Å². The molecule has 8 fully saturated rings. The highest BCUT2D eigenvalue weighted by molar-refractivity contribution is 5.81. The number of fused-ring (bicyclic) bond motifs is 6. The lowest BCUT2D eigenvalue weighted by molar-refractivity contribution is -0.164. The van der Waals surface area contributed by atoms with Crippen molar-refractivity contribution in [3.05, 3.63) is 12.3 Å². The van der Waals surface area contributed by atoms with Gasteiger partial charge in [-0.3, -0.25) is 29.0 Å². The molecule has 0 aromatic carbocycles. The number of esters is 2. The molecule has 14 heteroatoms. The van der Waals surface area contributed by atoms with Gasteiger partial charge in [-0.1, -0.05) is 0 Å². The Bertz CT molecular complexity index is 1410. The molecule has 4 bridgehead atoms. The van der Waals surface area contributed by atoms with Gasteiger partial charge in [0.15, 0.2) is 0 Å². The van der Waals surface area contributed by atoms with Gasteiger partial charge in [-0.25, -0.2) is 8.78 Å². The van der Waals surface area contributed by atoms with Crippen LogP contribution in [0, 0.1) is 33.5 Å². The Morgan fingerprint density at radius 1 is 0.700 bits per heavy atom. The maximum Gasteiger partial charge on any atom is 0.316 e. The van der Waals surface area contributed by atoms with Crippen molar-refractivity contribution in [2.45, 2.75) is 132 Å². The first-order valence-corrected chi connectivity index (χ1v) is 18.1. The van der Waals surface area contributed by atoms with Gasteiger partial charge in [0.1, 0.15) is 24.4 Å². The van der Waals surface area contributed by atoms with Crippen LogP contribution in [0.5, 0.6) is 0 Å². The van der Waals surface area contributed by atoms with Crippen molar-refractivity contribution in [2.24, 2.45) is 10.8 Å². The van der Waals surface area contributed by atoms with Gasteiger partial charge < -0.3 is 20.1 Å². The minimum atomic E-state index is -1.10. The standard InChI is InChI=1S/C36H48F2N6O6/c37-25-17-27(19-39)43(21-25)23-29(45)41-35-9-3-33(4-10-35,5-11-35)31(47)49-15-1-2-16-50-32(48)34-6-12-36(13-7-34,14-8-34)42-30(46)24-44-22-26(38)18-28(44)20-40/h1,15,25-28H,2-14,16-18,21-24H2,(H,41,45)(H,42,46)/t25-,26-,27-,28-,33?,34?,35?,36?/m0/s1. The van der Waals surface area contributed by atoms with Crippen molar-refractivity contribution in [1.82, 2.24) is 20.4 Å². The van der Waals surface area contributed by atoms with Crippen LogP contribution in [-0.2, 0) is 28.7 Å². The smallest absolute Gasteiger partial charge is 0.316 e. The first-order chi connectivity index (χ1) is 23.9. The van der Waals surface area contributed by atoms with E-state index in [0.717, 1.165) is 0 Å². The Labute approximate surface area is 291 Å². The number of likely N-dealkylation sites (tertiary alicyclic amines) is 2. The molecule has 4 atom stereocenters. The number of nitrogens with one attached hydrogen (secondary N) is 2. The van der Waals surface area contributed by atoms with Gasteiger partial charge in [-0.15, -0.1) is 0 Å². The number of carbonyl (C=O) groups is 4. The second kappa shape index (κ2) is 14.5. The lowest BCUT2D eigenvalue weighted by atomic mass is 9.57. The van der Waals surface area contributed by atoms with Gasteiger partial charge in [0, 0.05) is 43.4 Å². The van der Waals surface area contributed by atoms with Crippen molar-refractivity contribution in [2.75, 3.05) is 32.8 Å². The van der Waals surface area contributed by atoms with E-state index < -0.39 is 35.3 Å². The number of hydrogen-bond donors (Lipinski definition) is 2. The van der Waals surface area contributed by atoms with E-state index in [0.29, 0.717) is 83.5 Å². The van der Waals surface area contributed by atoms with Crippen LogP contribution in [0.2, 0.25) is 0 Å². The summed E-state index contributed by atoms with van der Waals surface area (Å²) in [7, 11) is 0. The van der Waals surface area contributed by atoms with Crippen LogP contribution in [0.3, 0.4) is 0 Å². The number of ether oxygens (including phenoxy) is 2. The Morgan fingerprint density at radius 3 is 1.54 bits per heavy atom. The predicted molar refractivity (Wildman–Crippen MR) is 174 cm³/mol. The fraction of sp³-hybridized carbons (Fsp3) is 0.778. The van der Waals surface area contributed by atoms with Gasteiger partial charge in [0.2, 0.25) is 11.8 Å². The lowest BCUT2D eigenvalue weighted by Crippen LogP contribution is -2.59. The Hall–Kier alpha value is -3.62. The molecular formula is C36H48F2N6O6. The predicted octanol–water partition coefficient (Wildman–Crippen LogP) is 3.27. The lowest BCUT2D eigenvalue weighted by Gasteiger charge is -2.52. The van der Waals surface area contributed by atoms with E-state index in [1.807, 2.05) is 0 Å². The third kappa shape index (κ3) is 7.52. The Balaban J connectivity index is 0.872. The van der Waals surface area contributed by atoms with Gasteiger partial charge in [0.05, 0.1) is 48.9 Å². The van der Waals surface area contributed by atoms with E-state index in [1.165, 1.54) is 6.26 Å². The van der Waals surface area contributed by atoms with Crippen LogP contribution in [0.1, 0.15) is 96.3 Å². The number of rotatable bonds is 12. The molecule has 2 aliphatic heterocycles. The monoisotopic (exact) mass is 698 g/mol. The molecule has 0 radical (unpaired) electrons. The maximum atomic E-state index is 13.8. The fourth-order valence-electron chi connectivity index (χ4n) is 9.39. The van der Waals surface area contributed by atoms with Crippen molar-refractivity contribution in [3.8, 4) is 12.1 Å². The summed E-state index contributed by atoms with van der Waals surface area (Å²) in [6.07, 6.45) is 9.08. The van der Waals surface area contributed by atoms with Crippen LogP contribution >= 0.6 is 0 Å². The third-order valence-corrected chi connectivity index (χ3v) is 12.7. The zero-order valence-electron chi connectivity index (χ0n) is 28.6. The van der Waals surface area contributed by atoms with Crippen LogP contribution in [-0.4, -0.2) is 102 Å². The van der Waals surface area contributed by atoms with Crippen molar-refractivity contribution >= 4 is 23.8 Å². The molecule has 2 N–H and O–H groups in total. The van der Waals surface area contributed by atoms with E-state index in [-0.39, 0.29) is 80.5 Å². The average Bonchev–Trinajstić information content (AvgIpc) is 3.66. The second-order valence-electron chi connectivity index (χ2n) is 15.7. The first kappa shape index (κ1) is 36.2. The highest BCUT2D eigenvalue weighted by Gasteiger charge is 2.55. The molecule has 6 aliphatic carbocycles. The molecule has 272 valence electrons. The third-order valence-electron chi connectivity index (χ3n) is 12.7. The number of nitriles is 2. The zero-order valence-corrected chi connectivity index (χ0v) is 28.6. The molecule has 50 heavy (non-hydrogen) atoms. The molecule has 8 rings (SSSR count). The summed E-state index contributed by atoms with van der Waals surface area (Å²) >= 11 is 0. The van der Waals surface area contributed by atoms with Gasteiger partial charge in [-0.05, 0) is 83.1 Å². The topological polar surface area (TPSA) is 165 Å².